The first kappa shape index (κ1) is 22.0. The molecule has 0 saturated heterocycles. The van der Waals surface area contributed by atoms with Crippen LogP contribution in [0.1, 0.15) is 53.4 Å². The largest absolute Gasteiger partial charge is 0.468 e. The summed E-state index contributed by atoms with van der Waals surface area (Å²) in [7, 11) is 1.37. The highest BCUT2D eigenvalue weighted by Crippen LogP contribution is 2.12. The van der Waals surface area contributed by atoms with Crippen LogP contribution in [-0.2, 0) is 9.53 Å². The van der Waals surface area contributed by atoms with Gasteiger partial charge < -0.3 is 10.5 Å². The lowest BCUT2D eigenvalue weighted by Gasteiger charge is -2.07. The highest BCUT2D eigenvalue weighted by atomic mass is 32.2. The molecule has 3 nitrogen and oxygen atoms in total. The predicted octanol–water partition coefficient (Wildman–Crippen LogP) is 4.64. The van der Waals surface area contributed by atoms with Crippen LogP contribution >= 0.6 is 11.8 Å². The Morgan fingerprint density at radius 3 is 2.17 bits per heavy atom. The van der Waals surface area contributed by atoms with Crippen molar-refractivity contribution < 1.29 is 9.53 Å². The predicted molar refractivity (Wildman–Crippen MR) is 103 cm³/mol. The number of ether oxygens (including phenoxy) is 1. The molecule has 0 aromatic rings. The minimum Gasteiger partial charge on any atom is -0.468 e. The molecule has 0 unspecified atom stereocenters. The van der Waals surface area contributed by atoms with Gasteiger partial charge in [-0.15, -0.1) is 0 Å². The maximum Gasteiger partial charge on any atom is 0.323 e. The third kappa shape index (κ3) is 13.2. The minimum absolute atomic E-state index is 0.341. The second-order valence-corrected chi connectivity index (χ2v) is 7.20. The molecule has 0 aliphatic carbocycles. The lowest BCUT2D eigenvalue weighted by Crippen LogP contribution is -2.33. The van der Waals surface area contributed by atoms with Crippen molar-refractivity contribution in [2.45, 2.75) is 59.4 Å². The van der Waals surface area contributed by atoms with Crippen molar-refractivity contribution >= 4 is 17.7 Å². The summed E-state index contributed by atoms with van der Waals surface area (Å²) in [5.74, 6) is 1.14. The van der Waals surface area contributed by atoms with Crippen LogP contribution in [-0.4, -0.2) is 30.6 Å². The van der Waals surface area contributed by atoms with Crippen LogP contribution in [0.15, 0.2) is 34.9 Å². The fraction of sp³-hybridized carbons (Fsp3) is 0.632. The summed E-state index contributed by atoms with van der Waals surface area (Å²) in [6.07, 6.45) is 11.3. The number of hydrogen-bond donors (Lipinski definition) is 1. The molecule has 132 valence electrons. The van der Waals surface area contributed by atoms with Crippen molar-refractivity contribution in [3.8, 4) is 0 Å². The number of thioether (sulfide) groups is 1. The number of carbonyl (C=O) groups is 1. The van der Waals surface area contributed by atoms with Crippen molar-refractivity contribution in [3.63, 3.8) is 0 Å². The molecular formula is C19H33NO2S. The van der Waals surface area contributed by atoms with Crippen LogP contribution in [0.5, 0.6) is 0 Å². The van der Waals surface area contributed by atoms with Crippen molar-refractivity contribution in [1.29, 1.82) is 0 Å². The number of nitrogens with two attached hydrogens (primary N) is 1. The van der Waals surface area contributed by atoms with E-state index in [9.17, 15) is 4.79 Å². The molecule has 1 atom stereocenters. The third-order valence-electron chi connectivity index (χ3n) is 3.47. The topological polar surface area (TPSA) is 52.3 Å². The van der Waals surface area contributed by atoms with E-state index >= 15 is 0 Å². The van der Waals surface area contributed by atoms with Crippen molar-refractivity contribution in [2.24, 2.45) is 5.73 Å². The maximum absolute atomic E-state index is 11.2. The Bertz CT molecular complexity index is 435. The molecule has 0 spiro atoms. The normalized spacial score (nSPS) is 13.7. The highest BCUT2D eigenvalue weighted by Gasteiger charge is 2.12. The standard InChI is InChI=1S/C19H33NO2S/c1-15(2)8-6-9-16(3)10-7-11-17(4)12-13-23-14-18(20)19(21)22-5/h8,10,12,18H,6-7,9,11,13-14,20H2,1-5H3/t18-/m0/s1. The van der Waals surface area contributed by atoms with Gasteiger partial charge in [-0.1, -0.05) is 34.9 Å². The number of esters is 1. The zero-order valence-electron chi connectivity index (χ0n) is 15.4. The van der Waals surface area contributed by atoms with Crippen LogP contribution in [0.3, 0.4) is 0 Å². The molecular weight excluding hydrogens is 306 g/mol. The van der Waals surface area contributed by atoms with Crippen molar-refractivity contribution in [1.82, 2.24) is 0 Å². The van der Waals surface area contributed by atoms with Gasteiger partial charge in [-0.25, -0.2) is 0 Å². The van der Waals surface area contributed by atoms with Crippen LogP contribution in [0.25, 0.3) is 0 Å². The monoisotopic (exact) mass is 339 g/mol. The quantitative estimate of drug-likeness (QED) is 0.338. The van der Waals surface area contributed by atoms with E-state index < -0.39 is 6.04 Å². The smallest absolute Gasteiger partial charge is 0.323 e. The fourth-order valence-electron chi connectivity index (χ4n) is 1.95. The molecule has 0 radical (unpaired) electrons. The zero-order chi connectivity index (χ0) is 17.7. The molecule has 0 aromatic carbocycles. The SMILES string of the molecule is COC(=O)[C@@H](N)CSCC=C(C)CCC=C(C)CCC=C(C)C. The average Bonchev–Trinajstić information content (AvgIpc) is 2.50. The second kappa shape index (κ2) is 13.4. The van der Waals surface area contributed by atoms with Gasteiger partial charge >= 0.3 is 5.97 Å². The van der Waals surface area contributed by atoms with E-state index in [-0.39, 0.29) is 5.97 Å². The molecule has 0 saturated carbocycles. The van der Waals surface area contributed by atoms with E-state index in [0.717, 1.165) is 31.4 Å². The van der Waals surface area contributed by atoms with E-state index in [2.05, 4.69) is 50.7 Å². The van der Waals surface area contributed by atoms with Crippen LogP contribution < -0.4 is 5.73 Å². The van der Waals surface area contributed by atoms with Gasteiger partial charge in [0.2, 0.25) is 0 Å². The molecule has 0 amide bonds. The van der Waals surface area contributed by atoms with E-state index in [1.54, 1.807) is 11.8 Å². The number of methoxy groups -OCH3 is 1. The summed E-state index contributed by atoms with van der Waals surface area (Å²) in [6, 6.07) is -0.523. The maximum atomic E-state index is 11.2. The van der Waals surface area contributed by atoms with E-state index in [1.807, 2.05) is 0 Å². The summed E-state index contributed by atoms with van der Waals surface area (Å²) in [6.45, 7) is 8.65. The van der Waals surface area contributed by atoms with Crippen molar-refractivity contribution in [3.05, 3.63) is 34.9 Å². The summed E-state index contributed by atoms with van der Waals surface area (Å²) < 4.78 is 4.60. The molecule has 4 heteroatoms. The lowest BCUT2D eigenvalue weighted by atomic mass is 10.1. The second-order valence-electron chi connectivity index (χ2n) is 6.13. The first-order valence-electron chi connectivity index (χ1n) is 8.22. The first-order valence-corrected chi connectivity index (χ1v) is 9.38. The van der Waals surface area contributed by atoms with Gasteiger partial charge in [-0.05, 0) is 53.4 Å². The molecule has 0 rings (SSSR count). The third-order valence-corrected chi connectivity index (χ3v) is 4.47. The molecule has 23 heavy (non-hydrogen) atoms. The van der Waals surface area contributed by atoms with E-state index in [4.69, 9.17) is 5.73 Å². The highest BCUT2D eigenvalue weighted by molar-refractivity contribution is 7.99. The molecule has 0 aromatic heterocycles. The molecule has 0 aliphatic rings. The van der Waals surface area contributed by atoms with Crippen molar-refractivity contribution in [2.75, 3.05) is 18.6 Å². The van der Waals surface area contributed by atoms with Crippen LogP contribution in [0, 0.1) is 0 Å². The molecule has 0 heterocycles. The lowest BCUT2D eigenvalue weighted by molar-refractivity contribution is -0.141. The number of hydrogen-bond acceptors (Lipinski definition) is 4. The summed E-state index contributed by atoms with van der Waals surface area (Å²) in [4.78, 5) is 11.2. The first-order chi connectivity index (χ1) is 10.9. The van der Waals surface area contributed by atoms with Crippen LogP contribution in [0.4, 0.5) is 0 Å². The van der Waals surface area contributed by atoms with Crippen LogP contribution in [0.2, 0.25) is 0 Å². The zero-order valence-corrected chi connectivity index (χ0v) is 16.2. The Morgan fingerprint density at radius 2 is 1.61 bits per heavy atom. The molecule has 2 N–H and O–H groups in total. The average molecular weight is 340 g/mol. The number of allylic oxidation sites excluding steroid dienone is 5. The Morgan fingerprint density at radius 1 is 1.04 bits per heavy atom. The summed E-state index contributed by atoms with van der Waals surface area (Å²) >= 11 is 1.66. The number of rotatable bonds is 11. The molecule has 0 fully saturated rings. The Labute approximate surface area is 146 Å². The van der Waals surface area contributed by atoms with E-state index in [1.165, 1.54) is 23.8 Å². The van der Waals surface area contributed by atoms with E-state index in [0.29, 0.717) is 5.75 Å². The number of carbonyl (C=O) groups excluding carboxylic acids is 1. The minimum atomic E-state index is -0.523. The summed E-state index contributed by atoms with van der Waals surface area (Å²) in [5.41, 5.74) is 9.93. The molecule has 0 bridgehead atoms. The van der Waals surface area contributed by atoms with Gasteiger partial charge in [-0.3, -0.25) is 4.79 Å². The molecule has 0 aliphatic heterocycles. The Balaban J connectivity index is 3.90. The summed E-state index contributed by atoms with van der Waals surface area (Å²) in [5, 5.41) is 0. The van der Waals surface area contributed by atoms with Gasteiger partial charge in [-0.2, -0.15) is 11.8 Å². The Hall–Kier alpha value is -1.00. The Kier molecular flexibility index (Phi) is 12.9. The van der Waals surface area contributed by atoms with Gasteiger partial charge in [0.25, 0.3) is 0 Å². The van der Waals surface area contributed by atoms with Gasteiger partial charge in [0, 0.05) is 11.5 Å². The fourth-order valence-corrected chi connectivity index (χ4v) is 2.88. The van der Waals surface area contributed by atoms with Gasteiger partial charge in [0.1, 0.15) is 6.04 Å². The van der Waals surface area contributed by atoms with Gasteiger partial charge in [0.05, 0.1) is 7.11 Å². The van der Waals surface area contributed by atoms with Gasteiger partial charge in [0.15, 0.2) is 0 Å².